The van der Waals surface area contributed by atoms with Crippen molar-refractivity contribution >= 4 is 5.97 Å². The fraction of sp³-hybridized carbons (Fsp3) is 0.857. The lowest BCUT2D eigenvalue weighted by molar-refractivity contribution is -0.142. The Morgan fingerprint density at radius 2 is 1.21 bits per heavy atom. The average molecular weight is 533 g/mol. The summed E-state index contributed by atoms with van der Waals surface area (Å²) in [6.07, 6.45) is 28.8. The molecule has 0 amide bonds. The number of carbonyl (C=O) groups is 1. The molecule has 3 atom stereocenters. The molecule has 0 saturated heterocycles. The van der Waals surface area contributed by atoms with Gasteiger partial charge in [-0.25, -0.2) is 0 Å². The second-order valence-corrected chi connectivity index (χ2v) is 14.2. The van der Waals surface area contributed by atoms with E-state index in [0.29, 0.717) is 6.42 Å². The zero-order valence-electron chi connectivity index (χ0n) is 26.4. The number of hydrogen-bond donors (Lipinski definition) is 2. The predicted molar refractivity (Wildman–Crippen MR) is 164 cm³/mol. The van der Waals surface area contributed by atoms with Gasteiger partial charge in [-0.3, -0.25) is 4.79 Å². The van der Waals surface area contributed by atoms with Crippen molar-refractivity contribution in [2.45, 2.75) is 170 Å². The molecule has 3 unspecified atom stereocenters. The Bertz CT molecular complexity index is 706. The fourth-order valence-electron chi connectivity index (χ4n) is 5.98. The zero-order chi connectivity index (χ0) is 28.7. The van der Waals surface area contributed by atoms with Crippen LogP contribution in [0.1, 0.15) is 164 Å². The van der Waals surface area contributed by atoms with Crippen molar-refractivity contribution in [1.82, 2.24) is 0 Å². The van der Waals surface area contributed by atoms with E-state index in [0.717, 1.165) is 24.8 Å². The third-order valence-corrected chi connectivity index (χ3v) is 8.64. The molecule has 0 aliphatic heterocycles. The molecule has 0 heterocycles. The first-order chi connectivity index (χ1) is 17.8. The minimum atomic E-state index is -1.01. The summed E-state index contributed by atoms with van der Waals surface area (Å²) in [5.74, 6) is -0.940. The van der Waals surface area contributed by atoms with Gasteiger partial charge >= 0.3 is 5.97 Å². The van der Waals surface area contributed by atoms with Crippen LogP contribution in [-0.4, -0.2) is 21.8 Å². The van der Waals surface area contributed by atoms with Crippen LogP contribution in [0.3, 0.4) is 0 Å². The smallest absolute Gasteiger partial charge is 0.306 e. The Morgan fingerprint density at radius 3 is 1.58 bits per heavy atom. The number of rotatable bonds is 20. The van der Waals surface area contributed by atoms with E-state index in [4.69, 9.17) is 0 Å². The van der Waals surface area contributed by atoms with Crippen LogP contribution < -0.4 is 0 Å². The second kappa shape index (κ2) is 17.6. The highest BCUT2D eigenvalue weighted by molar-refractivity contribution is 5.70. The molecule has 3 nitrogen and oxygen atoms in total. The molecule has 0 saturated carbocycles. The molecule has 1 aliphatic rings. The summed E-state index contributed by atoms with van der Waals surface area (Å²) in [5, 5.41) is 21.4. The molecule has 0 spiro atoms. The van der Waals surface area contributed by atoms with Crippen LogP contribution in [0.2, 0.25) is 0 Å². The summed E-state index contributed by atoms with van der Waals surface area (Å²) in [5.41, 5.74) is -0.504. The lowest BCUT2D eigenvalue weighted by Gasteiger charge is -2.47. The largest absolute Gasteiger partial charge is 0.481 e. The summed E-state index contributed by atoms with van der Waals surface area (Å²) < 4.78 is 0. The summed E-state index contributed by atoms with van der Waals surface area (Å²) in [6, 6.07) is 0. The van der Waals surface area contributed by atoms with E-state index >= 15 is 0 Å². The highest BCUT2D eigenvalue weighted by Crippen LogP contribution is 2.48. The molecule has 1 aliphatic carbocycles. The van der Waals surface area contributed by atoms with Crippen LogP contribution in [-0.2, 0) is 4.79 Å². The van der Waals surface area contributed by atoms with E-state index < -0.39 is 11.6 Å². The van der Waals surface area contributed by atoms with Gasteiger partial charge in [-0.15, -0.1) is 0 Å². The number of hydrogen-bond acceptors (Lipinski definition) is 2. The van der Waals surface area contributed by atoms with Gasteiger partial charge in [-0.2, -0.15) is 0 Å². The van der Waals surface area contributed by atoms with Crippen LogP contribution >= 0.6 is 0 Å². The van der Waals surface area contributed by atoms with Gasteiger partial charge in [0.1, 0.15) is 5.60 Å². The number of unbranched alkanes of at least 4 members (excludes halogenated alkanes) is 15. The number of aliphatic carboxylic acids is 1. The highest BCUT2D eigenvalue weighted by Gasteiger charge is 2.46. The lowest BCUT2D eigenvalue weighted by atomic mass is 9.62. The molecule has 3 heteroatoms. The van der Waals surface area contributed by atoms with Crippen LogP contribution in [0.5, 0.6) is 0 Å². The van der Waals surface area contributed by atoms with Gasteiger partial charge < -0.3 is 10.2 Å². The van der Waals surface area contributed by atoms with Crippen LogP contribution in [0, 0.1) is 22.7 Å². The van der Waals surface area contributed by atoms with Crippen LogP contribution in [0.4, 0.5) is 0 Å². The Labute approximate surface area is 237 Å². The molecule has 0 radical (unpaired) electrons. The summed E-state index contributed by atoms with van der Waals surface area (Å²) in [6.45, 7) is 14.9. The maximum atomic E-state index is 12.0. The standard InChI is InChI=1S/C35H64O3/c1-8-9-10-11-12-13-14-15-16-17-18-19-20-21-22-23-24-30(32(36)37)27-29-25-26-35(38,34(5,6)7)31(28-29)33(2,3)4/h25-26,28-30,38H,8-24,27H2,1-7H3,(H,36,37). The lowest BCUT2D eigenvalue weighted by Crippen LogP contribution is -2.48. The molecular formula is C35H64O3. The van der Waals surface area contributed by atoms with Gasteiger partial charge in [0.25, 0.3) is 0 Å². The van der Waals surface area contributed by atoms with E-state index in [1.807, 2.05) is 12.2 Å². The van der Waals surface area contributed by atoms with Gasteiger partial charge in [0.2, 0.25) is 0 Å². The van der Waals surface area contributed by atoms with Crippen molar-refractivity contribution in [3.63, 3.8) is 0 Å². The van der Waals surface area contributed by atoms with Crippen molar-refractivity contribution in [2.75, 3.05) is 0 Å². The van der Waals surface area contributed by atoms with Gasteiger partial charge in [-0.05, 0) is 35.2 Å². The fourth-order valence-corrected chi connectivity index (χ4v) is 5.98. The molecule has 0 aromatic heterocycles. The monoisotopic (exact) mass is 532 g/mol. The molecule has 38 heavy (non-hydrogen) atoms. The first-order valence-electron chi connectivity index (χ1n) is 16.2. The van der Waals surface area contributed by atoms with Crippen molar-refractivity contribution in [3.05, 3.63) is 23.8 Å². The molecule has 2 N–H and O–H groups in total. The van der Waals surface area contributed by atoms with Crippen molar-refractivity contribution in [3.8, 4) is 0 Å². The highest BCUT2D eigenvalue weighted by atomic mass is 16.4. The quantitative estimate of drug-likeness (QED) is 0.121. The third kappa shape index (κ3) is 12.8. The van der Waals surface area contributed by atoms with Crippen molar-refractivity contribution < 1.29 is 15.0 Å². The first kappa shape index (κ1) is 34.9. The number of carboxylic acids is 1. The van der Waals surface area contributed by atoms with E-state index in [2.05, 4.69) is 54.5 Å². The van der Waals surface area contributed by atoms with E-state index in [1.54, 1.807) is 0 Å². The molecule has 0 bridgehead atoms. The van der Waals surface area contributed by atoms with Crippen LogP contribution in [0.25, 0.3) is 0 Å². The number of allylic oxidation sites excluding steroid dienone is 2. The molecule has 0 aromatic carbocycles. The second-order valence-electron chi connectivity index (χ2n) is 14.2. The van der Waals surface area contributed by atoms with Gasteiger partial charge in [-0.1, -0.05) is 169 Å². The summed E-state index contributed by atoms with van der Waals surface area (Å²) in [4.78, 5) is 12.0. The first-order valence-corrected chi connectivity index (χ1v) is 16.2. The summed E-state index contributed by atoms with van der Waals surface area (Å²) in [7, 11) is 0. The van der Waals surface area contributed by atoms with E-state index in [9.17, 15) is 15.0 Å². The molecule has 222 valence electrons. The third-order valence-electron chi connectivity index (χ3n) is 8.64. The summed E-state index contributed by atoms with van der Waals surface area (Å²) >= 11 is 0. The van der Waals surface area contributed by atoms with Crippen LogP contribution in [0.15, 0.2) is 23.8 Å². The van der Waals surface area contributed by atoms with Crippen molar-refractivity contribution in [2.24, 2.45) is 22.7 Å². The normalized spacial score (nSPS) is 20.9. The molecular weight excluding hydrogens is 468 g/mol. The Hall–Kier alpha value is -1.09. The zero-order valence-corrected chi connectivity index (χ0v) is 26.4. The van der Waals surface area contributed by atoms with E-state index in [-0.39, 0.29) is 22.7 Å². The maximum absolute atomic E-state index is 12.0. The van der Waals surface area contributed by atoms with Crippen molar-refractivity contribution in [1.29, 1.82) is 0 Å². The molecule has 0 fully saturated rings. The number of aliphatic hydroxyl groups is 1. The minimum Gasteiger partial charge on any atom is -0.481 e. The maximum Gasteiger partial charge on any atom is 0.306 e. The topological polar surface area (TPSA) is 57.5 Å². The van der Waals surface area contributed by atoms with E-state index in [1.165, 1.54) is 89.9 Å². The van der Waals surface area contributed by atoms with Gasteiger partial charge in [0, 0.05) is 0 Å². The predicted octanol–water partition coefficient (Wildman–Crippen LogP) is 10.7. The molecule has 1 rings (SSSR count). The van der Waals surface area contributed by atoms with Gasteiger partial charge in [0.05, 0.1) is 5.92 Å². The Balaban J connectivity index is 2.28. The Morgan fingerprint density at radius 1 is 0.789 bits per heavy atom. The average Bonchev–Trinajstić information content (AvgIpc) is 2.82. The minimum absolute atomic E-state index is 0.0639. The SMILES string of the molecule is CCCCCCCCCCCCCCCCCCC(CC1C=CC(O)(C(C)(C)C)C(C(C)(C)C)=C1)C(=O)O. The molecule has 0 aromatic rings. The van der Waals surface area contributed by atoms with Gasteiger partial charge in [0.15, 0.2) is 0 Å². The number of carboxylic acid groups (broad SMARTS) is 1. The Kier molecular flexibility index (Phi) is 16.2.